The minimum Gasteiger partial charge on any atom is -0.486 e. The minimum atomic E-state index is -0.241. The molecule has 5 heterocycles. The lowest BCUT2D eigenvalue weighted by atomic mass is 9.35. The Hall–Kier alpha value is -5.50. The van der Waals surface area contributed by atoms with Crippen molar-refractivity contribution >= 4 is 68.4 Å². The molecule has 0 atom stereocenters. The average Bonchev–Trinajstić information content (AvgIpc) is 3.56. The fourth-order valence-electron chi connectivity index (χ4n) is 9.97. The van der Waals surface area contributed by atoms with Crippen LogP contribution in [0.25, 0.3) is 11.0 Å². The van der Waals surface area contributed by atoms with Crippen LogP contribution in [0.15, 0.2) is 65.1 Å². The third kappa shape index (κ3) is 5.76. The fraction of sp³-hybridized carbons (Fsp3) is 0.385. The molecule has 0 spiro atoms. The van der Waals surface area contributed by atoms with E-state index in [-0.39, 0.29) is 23.0 Å². The summed E-state index contributed by atoms with van der Waals surface area (Å²) in [4.78, 5) is 5.02. The second kappa shape index (κ2) is 13.0. The van der Waals surface area contributed by atoms with Crippen LogP contribution in [0.4, 0.5) is 34.1 Å². The van der Waals surface area contributed by atoms with Gasteiger partial charge in [-0.3, -0.25) is 0 Å². The van der Waals surface area contributed by atoms with Crippen LogP contribution in [0.1, 0.15) is 101 Å². The smallest absolute Gasteiger partial charge is 0.297 e. The minimum absolute atomic E-state index is 0.00107. The number of rotatable bonds is 2. The van der Waals surface area contributed by atoms with E-state index in [9.17, 15) is 0 Å². The number of anilines is 6. The summed E-state index contributed by atoms with van der Waals surface area (Å²) < 4.78 is 32.7. The lowest BCUT2D eigenvalue weighted by molar-refractivity contribution is 0.170. The summed E-state index contributed by atoms with van der Waals surface area (Å²) in [7, 11) is 0. The monoisotopic (exact) mass is 800 g/mol. The van der Waals surface area contributed by atoms with Crippen LogP contribution in [-0.2, 0) is 16.2 Å². The van der Waals surface area contributed by atoms with Crippen molar-refractivity contribution in [2.75, 3.05) is 36.2 Å². The SMILES string of the molecule is Cc1cc(C(C)(C)C)cc(C)c1N1c2cc3c(cc2B2c4oc5ccc(C(C)(C)C)cc5c4N(c4c(C)cc5c(c4C)OCCO5)c4cc(C(C)(C)C)cc1c42)OCCO3. The second-order valence-corrected chi connectivity index (χ2v) is 20.5. The highest BCUT2D eigenvalue weighted by Crippen LogP contribution is 2.54. The van der Waals surface area contributed by atoms with Crippen molar-refractivity contribution in [3.8, 4) is 23.0 Å². The Balaban J connectivity index is 1.38. The van der Waals surface area contributed by atoms with Crippen molar-refractivity contribution in [3.63, 3.8) is 0 Å². The van der Waals surface area contributed by atoms with Gasteiger partial charge in [-0.1, -0.05) is 80.5 Å². The predicted octanol–water partition coefficient (Wildman–Crippen LogP) is 11.2. The molecule has 0 aliphatic carbocycles. The van der Waals surface area contributed by atoms with E-state index in [0.717, 1.165) is 84.7 Å². The third-order valence-electron chi connectivity index (χ3n) is 13.1. The number of nitrogens with zero attached hydrogens (tertiary/aromatic N) is 2. The molecule has 0 bridgehead atoms. The molecule has 0 N–H and O–H groups in total. The number of benzene rings is 5. The molecule has 5 aromatic carbocycles. The molecule has 308 valence electrons. The van der Waals surface area contributed by atoms with Gasteiger partial charge in [0, 0.05) is 34.1 Å². The first-order valence-corrected chi connectivity index (χ1v) is 21.6. The zero-order valence-electron chi connectivity index (χ0n) is 37.6. The molecule has 6 aromatic rings. The third-order valence-corrected chi connectivity index (χ3v) is 13.1. The maximum absolute atomic E-state index is 7.30. The van der Waals surface area contributed by atoms with Crippen molar-refractivity contribution in [2.45, 2.75) is 106 Å². The zero-order chi connectivity index (χ0) is 42.4. The molecule has 0 saturated heterocycles. The molecule has 7 nitrogen and oxygen atoms in total. The summed E-state index contributed by atoms with van der Waals surface area (Å²) in [6, 6.07) is 23.0. The van der Waals surface area contributed by atoms with E-state index < -0.39 is 0 Å². The van der Waals surface area contributed by atoms with E-state index >= 15 is 0 Å². The van der Waals surface area contributed by atoms with Crippen LogP contribution in [0.2, 0.25) is 0 Å². The first kappa shape index (κ1) is 38.7. The van der Waals surface area contributed by atoms with Gasteiger partial charge in [0.2, 0.25) is 0 Å². The molecule has 0 unspecified atom stereocenters. The lowest BCUT2D eigenvalue weighted by Crippen LogP contribution is -2.61. The number of aryl methyl sites for hydroxylation is 3. The normalized spacial score (nSPS) is 15.6. The number of ether oxygens (including phenoxy) is 4. The van der Waals surface area contributed by atoms with Gasteiger partial charge in [-0.15, -0.1) is 0 Å². The van der Waals surface area contributed by atoms with Crippen LogP contribution in [-0.4, -0.2) is 33.1 Å². The number of fused-ring (bicyclic) bond motifs is 8. The zero-order valence-corrected chi connectivity index (χ0v) is 37.6. The first-order chi connectivity index (χ1) is 28.3. The van der Waals surface area contributed by atoms with Gasteiger partial charge in [0.05, 0.1) is 22.7 Å². The predicted molar refractivity (Wildman–Crippen MR) is 247 cm³/mol. The molecule has 8 heteroatoms. The van der Waals surface area contributed by atoms with Gasteiger partial charge in [-0.05, 0) is 125 Å². The highest BCUT2D eigenvalue weighted by Gasteiger charge is 2.49. The molecule has 0 radical (unpaired) electrons. The molecule has 10 rings (SSSR count). The Morgan fingerprint density at radius 1 is 0.500 bits per heavy atom. The maximum atomic E-state index is 7.30. The molecule has 4 aliphatic heterocycles. The van der Waals surface area contributed by atoms with Crippen molar-refractivity contribution in [1.29, 1.82) is 0 Å². The standard InChI is InChI=1S/C52H57BN2O5/c1-28-20-33(51(8,9)10)21-29(2)45(28)54-37-27-42-41(56-16-17-57-42)26-36(37)53-44-38(54)24-34(52(11,12)13)25-39(44)55(46-30(3)22-43-48(31(46)4)59-19-18-58-43)47-35-23-32(50(5,6)7)14-15-40(35)60-49(47)53/h14-15,20-27H,16-19H2,1-13H3. The van der Waals surface area contributed by atoms with Gasteiger partial charge in [-0.25, -0.2) is 0 Å². The molecule has 1 aromatic heterocycles. The Labute approximate surface area is 355 Å². The van der Waals surface area contributed by atoms with E-state index in [2.05, 4.69) is 160 Å². The summed E-state index contributed by atoms with van der Waals surface area (Å²) in [5.41, 5.74) is 18.9. The van der Waals surface area contributed by atoms with Gasteiger partial charge >= 0.3 is 0 Å². The van der Waals surface area contributed by atoms with E-state index in [1.54, 1.807) is 0 Å². The quantitative estimate of drug-likeness (QED) is 0.161. The van der Waals surface area contributed by atoms with E-state index in [1.165, 1.54) is 39.0 Å². The van der Waals surface area contributed by atoms with Gasteiger partial charge in [0.15, 0.2) is 23.0 Å². The molecule has 4 aliphatic rings. The molecule has 0 saturated carbocycles. The van der Waals surface area contributed by atoms with Crippen LogP contribution in [0.3, 0.4) is 0 Å². The van der Waals surface area contributed by atoms with Gasteiger partial charge in [0.25, 0.3) is 6.71 Å². The van der Waals surface area contributed by atoms with E-state index in [4.69, 9.17) is 23.4 Å². The number of hydrogen-bond acceptors (Lipinski definition) is 7. The summed E-state index contributed by atoms with van der Waals surface area (Å²) in [6.45, 7) is 31.4. The Bertz CT molecular complexity index is 2770. The highest BCUT2D eigenvalue weighted by molar-refractivity contribution is 7.00. The highest BCUT2D eigenvalue weighted by atomic mass is 16.6. The van der Waals surface area contributed by atoms with Crippen LogP contribution in [0, 0.1) is 27.7 Å². The summed E-state index contributed by atoms with van der Waals surface area (Å²) in [6.07, 6.45) is 0. The van der Waals surface area contributed by atoms with E-state index in [0.29, 0.717) is 26.4 Å². The maximum Gasteiger partial charge on any atom is 0.297 e. The second-order valence-electron chi connectivity index (χ2n) is 20.5. The van der Waals surface area contributed by atoms with Crippen molar-refractivity contribution in [1.82, 2.24) is 0 Å². The van der Waals surface area contributed by atoms with Gasteiger partial charge in [0.1, 0.15) is 32.0 Å². The fourth-order valence-corrected chi connectivity index (χ4v) is 9.97. The Morgan fingerprint density at radius 2 is 1.05 bits per heavy atom. The van der Waals surface area contributed by atoms with Crippen molar-refractivity contribution < 1.29 is 23.4 Å². The molecule has 0 fully saturated rings. The Kier molecular flexibility index (Phi) is 8.39. The summed E-state index contributed by atoms with van der Waals surface area (Å²) in [5.74, 6) is 3.13. The topological polar surface area (TPSA) is 56.5 Å². The molecule has 0 amide bonds. The van der Waals surface area contributed by atoms with Crippen LogP contribution in [0.5, 0.6) is 23.0 Å². The van der Waals surface area contributed by atoms with Crippen LogP contribution < -0.4 is 45.3 Å². The van der Waals surface area contributed by atoms with Crippen molar-refractivity contribution in [2.24, 2.45) is 0 Å². The van der Waals surface area contributed by atoms with Gasteiger partial charge in [-0.2, -0.15) is 0 Å². The van der Waals surface area contributed by atoms with Crippen LogP contribution >= 0.6 is 0 Å². The number of hydrogen-bond donors (Lipinski definition) is 0. The summed E-state index contributed by atoms with van der Waals surface area (Å²) >= 11 is 0. The Morgan fingerprint density at radius 3 is 1.68 bits per heavy atom. The average molecular weight is 801 g/mol. The number of furan rings is 1. The van der Waals surface area contributed by atoms with Gasteiger partial charge < -0.3 is 33.2 Å². The summed E-state index contributed by atoms with van der Waals surface area (Å²) in [5, 5.41) is 1.09. The first-order valence-electron chi connectivity index (χ1n) is 21.6. The molecular weight excluding hydrogens is 743 g/mol. The molecule has 60 heavy (non-hydrogen) atoms. The van der Waals surface area contributed by atoms with E-state index in [1.807, 2.05) is 0 Å². The molecular formula is C52H57BN2O5. The lowest BCUT2D eigenvalue weighted by Gasteiger charge is -2.45. The largest absolute Gasteiger partial charge is 0.486 e. The van der Waals surface area contributed by atoms with Crippen molar-refractivity contribution in [3.05, 3.63) is 99.6 Å².